The molecule has 29 heavy (non-hydrogen) atoms. The van der Waals surface area contributed by atoms with Crippen molar-refractivity contribution in [2.75, 3.05) is 19.6 Å². The normalized spacial score (nSPS) is 24.4. The molecule has 0 spiro atoms. The van der Waals surface area contributed by atoms with Gasteiger partial charge < -0.3 is 15.1 Å². The van der Waals surface area contributed by atoms with Crippen molar-refractivity contribution in [1.82, 2.24) is 5.01 Å². The Labute approximate surface area is 170 Å². The van der Waals surface area contributed by atoms with Crippen LogP contribution in [0.1, 0.15) is 42.2 Å². The van der Waals surface area contributed by atoms with Gasteiger partial charge in [-0.15, -0.1) is 0 Å². The van der Waals surface area contributed by atoms with Crippen LogP contribution < -0.4 is 10.6 Å². The summed E-state index contributed by atoms with van der Waals surface area (Å²) in [6.45, 7) is 3.81. The number of hydrogen-bond acceptors (Lipinski definition) is 4. The molecule has 2 amide bonds. The van der Waals surface area contributed by atoms with E-state index in [0.717, 1.165) is 41.3 Å². The second-order valence-corrected chi connectivity index (χ2v) is 8.01. The number of hydrogen-bond donors (Lipinski definition) is 2. The molecule has 1 saturated heterocycles. The number of quaternary nitrogens is 1. The van der Waals surface area contributed by atoms with Crippen LogP contribution in [0.5, 0.6) is 0 Å². The maximum Gasteiger partial charge on any atom is 0.298 e. The SMILES string of the molecule is Cc1ccc(C2=NN(C(=O)C[NH+]3CCC[C@H](C(N)=O)C3)[C@@H](c3ccco3)C2)cc1. The number of carbonyl (C=O) groups excluding carboxylic acids is 2. The van der Waals surface area contributed by atoms with Crippen LogP contribution in [0.25, 0.3) is 0 Å². The third-order valence-electron chi connectivity index (χ3n) is 5.84. The number of rotatable bonds is 5. The summed E-state index contributed by atoms with van der Waals surface area (Å²) >= 11 is 0. The lowest BCUT2D eigenvalue weighted by Crippen LogP contribution is -3.14. The van der Waals surface area contributed by atoms with Crippen molar-refractivity contribution in [3.8, 4) is 0 Å². The van der Waals surface area contributed by atoms with Crippen LogP contribution in [-0.4, -0.2) is 42.2 Å². The molecule has 7 nitrogen and oxygen atoms in total. The summed E-state index contributed by atoms with van der Waals surface area (Å²) in [5.41, 5.74) is 8.55. The number of likely N-dealkylation sites (tertiary alicyclic amines) is 1. The van der Waals surface area contributed by atoms with Gasteiger partial charge in [0.15, 0.2) is 6.54 Å². The van der Waals surface area contributed by atoms with Gasteiger partial charge in [-0.2, -0.15) is 5.10 Å². The highest BCUT2D eigenvalue weighted by atomic mass is 16.3. The molecule has 1 aromatic heterocycles. The molecule has 3 heterocycles. The molecule has 3 N–H and O–H groups in total. The number of benzene rings is 1. The highest BCUT2D eigenvalue weighted by Crippen LogP contribution is 2.32. The minimum atomic E-state index is -0.274. The molecule has 3 atom stereocenters. The summed E-state index contributed by atoms with van der Waals surface area (Å²) < 4.78 is 5.60. The van der Waals surface area contributed by atoms with E-state index in [9.17, 15) is 9.59 Å². The quantitative estimate of drug-likeness (QED) is 0.792. The van der Waals surface area contributed by atoms with E-state index in [2.05, 4.69) is 5.10 Å². The predicted octanol–water partition coefficient (Wildman–Crippen LogP) is 1.05. The van der Waals surface area contributed by atoms with Crippen molar-refractivity contribution in [1.29, 1.82) is 0 Å². The van der Waals surface area contributed by atoms with E-state index >= 15 is 0 Å². The van der Waals surface area contributed by atoms with Crippen molar-refractivity contribution < 1.29 is 18.9 Å². The average molecular weight is 395 g/mol. The molecule has 0 saturated carbocycles. The van der Waals surface area contributed by atoms with Gasteiger partial charge in [0.25, 0.3) is 5.91 Å². The fourth-order valence-corrected chi connectivity index (χ4v) is 4.21. The van der Waals surface area contributed by atoms with E-state index in [-0.39, 0.29) is 23.8 Å². The van der Waals surface area contributed by atoms with Crippen LogP contribution in [0.3, 0.4) is 0 Å². The van der Waals surface area contributed by atoms with E-state index < -0.39 is 0 Å². The molecule has 1 fully saturated rings. The molecule has 1 unspecified atom stereocenters. The Morgan fingerprint density at radius 1 is 1.28 bits per heavy atom. The Balaban J connectivity index is 1.53. The number of nitrogens with zero attached hydrogens (tertiary/aromatic N) is 2. The second kappa shape index (κ2) is 8.21. The fourth-order valence-electron chi connectivity index (χ4n) is 4.21. The molecule has 2 aliphatic rings. The molecule has 1 aromatic carbocycles. The number of nitrogens with one attached hydrogen (secondary N) is 1. The van der Waals surface area contributed by atoms with E-state index in [1.54, 1.807) is 11.3 Å². The van der Waals surface area contributed by atoms with Gasteiger partial charge >= 0.3 is 0 Å². The number of carbonyl (C=O) groups is 2. The van der Waals surface area contributed by atoms with Gasteiger partial charge in [-0.3, -0.25) is 9.59 Å². The first kappa shape index (κ1) is 19.4. The zero-order valence-electron chi connectivity index (χ0n) is 16.6. The van der Waals surface area contributed by atoms with E-state index in [1.165, 1.54) is 5.56 Å². The van der Waals surface area contributed by atoms with E-state index in [0.29, 0.717) is 19.5 Å². The Morgan fingerprint density at radius 3 is 2.76 bits per heavy atom. The summed E-state index contributed by atoms with van der Waals surface area (Å²) in [6, 6.07) is 11.6. The van der Waals surface area contributed by atoms with Crippen LogP contribution in [0.4, 0.5) is 0 Å². The van der Waals surface area contributed by atoms with Crippen molar-refractivity contribution >= 4 is 17.5 Å². The van der Waals surface area contributed by atoms with E-state index in [4.69, 9.17) is 10.2 Å². The highest BCUT2D eigenvalue weighted by molar-refractivity contribution is 6.03. The number of nitrogens with two attached hydrogens (primary N) is 1. The van der Waals surface area contributed by atoms with Gasteiger partial charge in [0, 0.05) is 6.42 Å². The standard InChI is InChI=1S/C22H26N4O3/c1-15-6-8-16(9-7-15)18-12-19(20-5-3-11-29-20)26(24-18)21(27)14-25-10-2-4-17(13-25)22(23)28/h3,5-9,11,17,19H,2,4,10,12-14H2,1H3,(H2,23,28)/p+1/t17-,19+/m0/s1. The molecular weight excluding hydrogens is 368 g/mol. The maximum absolute atomic E-state index is 13.2. The van der Waals surface area contributed by atoms with Crippen molar-refractivity contribution in [2.24, 2.45) is 16.8 Å². The van der Waals surface area contributed by atoms with Gasteiger partial charge in [0.1, 0.15) is 11.8 Å². The minimum Gasteiger partial charge on any atom is -0.467 e. The number of furan rings is 1. The molecule has 2 aliphatic heterocycles. The topological polar surface area (TPSA) is 93.3 Å². The number of primary amides is 1. The molecule has 7 heteroatoms. The van der Waals surface area contributed by atoms with Crippen LogP contribution >= 0.6 is 0 Å². The third kappa shape index (κ3) is 4.24. The number of piperidine rings is 1. The molecule has 152 valence electrons. The average Bonchev–Trinajstić information content (AvgIpc) is 3.38. The zero-order valence-corrected chi connectivity index (χ0v) is 16.6. The summed E-state index contributed by atoms with van der Waals surface area (Å²) in [4.78, 5) is 25.8. The van der Waals surface area contributed by atoms with Crippen molar-refractivity contribution in [3.63, 3.8) is 0 Å². The largest absolute Gasteiger partial charge is 0.467 e. The molecule has 0 aliphatic carbocycles. The van der Waals surface area contributed by atoms with Gasteiger partial charge in [-0.05, 0) is 37.5 Å². The van der Waals surface area contributed by atoms with Crippen LogP contribution in [0.2, 0.25) is 0 Å². The number of hydrazone groups is 1. The Bertz CT molecular complexity index is 905. The van der Waals surface area contributed by atoms with Gasteiger partial charge in [0.2, 0.25) is 5.91 Å². The van der Waals surface area contributed by atoms with Crippen LogP contribution in [0.15, 0.2) is 52.2 Å². The van der Waals surface area contributed by atoms with Crippen molar-refractivity contribution in [2.45, 2.75) is 32.2 Å². The highest BCUT2D eigenvalue weighted by Gasteiger charge is 2.37. The zero-order chi connectivity index (χ0) is 20.4. The molecule has 0 radical (unpaired) electrons. The fraction of sp³-hybridized carbons (Fsp3) is 0.409. The monoisotopic (exact) mass is 395 g/mol. The second-order valence-electron chi connectivity index (χ2n) is 8.01. The molecular formula is C22H27N4O3+. The molecule has 0 bridgehead atoms. The maximum atomic E-state index is 13.2. The van der Waals surface area contributed by atoms with Crippen molar-refractivity contribution in [3.05, 3.63) is 59.5 Å². The lowest BCUT2D eigenvalue weighted by molar-refractivity contribution is -0.899. The smallest absolute Gasteiger partial charge is 0.298 e. The molecule has 4 rings (SSSR count). The van der Waals surface area contributed by atoms with E-state index in [1.807, 2.05) is 43.3 Å². The number of aryl methyl sites for hydroxylation is 1. The van der Waals surface area contributed by atoms with Gasteiger partial charge in [-0.25, -0.2) is 5.01 Å². The Kier molecular flexibility index (Phi) is 5.49. The first-order valence-corrected chi connectivity index (χ1v) is 10.1. The summed E-state index contributed by atoms with van der Waals surface area (Å²) in [5.74, 6) is 0.239. The summed E-state index contributed by atoms with van der Waals surface area (Å²) in [6.07, 6.45) is 3.94. The van der Waals surface area contributed by atoms with Gasteiger partial charge in [0.05, 0.1) is 31.0 Å². The predicted molar refractivity (Wildman–Crippen MR) is 108 cm³/mol. The first-order valence-electron chi connectivity index (χ1n) is 10.1. The summed E-state index contributed by atoms with van der Waals surface area (Å²) in [5, 5.41) is 6.24. The van der Waals surface area contributed by atoms with Crippen LogP contribution in [-0.2, 0) is 9.59 Å². The summed E-state index contributed by atoms with van der Waals surface area (Å²) in [7, 11) is 0. The third-order valence-corrected chi connectivity index (χ3v) is 5.84. The minimum absolute atomic E-state index is 0.0615. The lowest BCUT2D eigenvalue weighted by atomic mass is 9.97. The first-order chi connectivity index (χ1) is 14.0. The van der Waals surface area contributed by atoms with Crippen LogP contribution in [0, 0.1) is 12.8 Å². The molecule has 2 aromatic rings. The number of amides is 2. The Morgan fingerprint density at radius 2 is 2.07 bits per heavy atom. The van der Waals surface area contributed by atoms with Gasteiger partial charge in [-0.1, -0.05) is 29.8 Å². The lowest BCUT2D eigenvalue weighted by Gasteiger charge is -2.29. The Hall–Kier alpha value is -2.93.